The molecule has 0 aliphatic heterocycles. The van der Waals surface area contributed by atoms with Crippen molar-refractivity contribution in [2.45, 2.75) is 51.6 Å². The van der Waals surface area contributed by atoms with Gasteiger partial charge in [-0.25, -0.2) is 8.42 Å². The minimum absolute atomic E-state index is 0.0253. The molecule has 11 heteroatoms. The maximum Gasteiger partial charge on any atom is 0.264 e. The van der Waals surface area contributed by atoms with Crippen LogP contribution in [-0.4, -0.2) is 44.3 Å². The summed E-state index contributed by atoms with van der Waals surface area (Å²) in [6, 6.07) is 15.2. The van der Waals surface area contributed by atoms with Crippen LogP contribution in [-0.2, 0) is 26.2 Å². The number of benzene rings is 3. The molecule has 214 valence electrons. The summed E-state index contributed by atoms with van der Waals surface area (Å²) in [4.78, 5) is 28.5. The predicted octanol–water partition coefficient (Wildman–Crippen LogP) is 6.40. The number of aryl methyl sites for hydroxylation is 2. The zero-order valence-corrected chi connectivity index (χ0v) is 25.8. The minimum atomic E-state index is -4.19. The zero-order valence-electron chi connectivity index (χ0n) is 22.7. The van der Waals surface area contributed by atoms with E-state index in [1.807, 2.05) is 6.92 Å². The Morgan fingerprint density at radius 3 is 2.10 bits per heavy atom. The van der Waals surface area contributed by atoms with Gasteiger partial charge in [0.25, 0.3) is 10.0 Å². The first kappa shape index (κ1) is 31.7. The Morgan fingerprint density at radius 2 is 1.52 bits per heavy atom. The smallest absolute Gasteiger partial charge is 0.264 e. The Bertz CT molecular complexity index is 1480. The molecule has 0 radical (unpaired) electrons. The lowest BCUT2D eigenvalue weighted by atomic mass is 10.1. The molecular formula is C29H32Cl3N3O4S. The van der Waals surface area contributed by atoms with Crippen molar-refractivity contribution in [3.8, 4) is 0 Å². The highest BCUT2D eigenvalue weighted by Gasteiger charge is 2.34. The molecule has 0 aliphatic carbocycles. The van der Waals surface area contributed by atoms with E-state index in [1.165, 1.54) is 17.0 Å². The molecule has 0 heterocycles. The normalized spacial score (nSPS) is 12.1. The van der Waals surface area contributed by atoms with E-state index < -0.39 is 28.5 Å². The summed E-state index contributed by atoms with van der Waals surface area (Å²) in [5.41, 5.74) is 2.33. The third kappa shape index (κ3) is 7.49. The van der Waals surface area contributed by atoms with Crippen LogP contribution in [0.3, 0.4) is 0 Å². The van der Waals surface area contributed by atoms with E-state index in [4.69, 9.17) is 34.8 Å². The number of nitrogens with zero attached hydrogens (tertiary/aromatic N) is 2. The lowest BCUT2D eigenvalue weighted by molar-refractivity contribution is -0.140. The van der Waals surface area contributed by atoms with E-state index in [-0.39, 0.29) is 17.3 Å². The van der Waals surface area contributed by atoms with Crippen LogP contribution < -0.4 is 9.62 Å². The van der Waals surface area contributed by atoms with Gasteiger partial charge in [-0.3, -0.25) is 13.9 Å². The van der Waals surface area contributed by atoms with Gasteiger partial charge in [-0.2, -0.15) is 0 Å². The van der Waals surface area contributed by atoms with Crippen molar-refractivity contribution >= 4 is 62.3 Å². The molecule has 3 rings (SSSR count). The van der Waals surface area contributed by atoms with Crippen molar-refractivity contribution < 1.29 is 18.0 Å². The molecule has 40 heavy (non-hydrogen) atoms. The van der Waals surface area contributed by atoms with Crippen molar-refractivity contribution in [2.75, 3.05) is 17.4 Å². The highest BCUT2D eigenvalue weighted by molar-refractivity contribution is 7.92. The van der Waals surface area contributed by atoms with Gasteiger partial charge in [0.15, 0.2) is 0 Å². The van der Waals surface area contributed by atoms with Gasteiger partial charge in [0.05, 0.1) is 10.6 Å². The van der Waals surface area contributed by atoms with Crippen LogP contribution in [0.15, 0.2) is 65.6 Å². The van der Waals surface area contributed by atoms with Crippen molar-refractivity contribution in [3.63, 3.8) is 0 Å². The second-order valence-electron chi connectivity index (χ2n) is 9.33. The number of nitrogens with one attached hydrogen (secondary N) is 1. The summed E-state index contributed by atoms with van der Waals surface area (Å²) in [6.07, 6.45) is 0.299. The highest BCUT2D eigenvalue weighted by Crippen LogP contribution is 2.30. The Hall–Kier alpha value is -2.78. The largest absolute Gasteiger partial charge is 0.355 e. The number of sulfonamides is 1. The third-order valence-electron chi connectivity index (χ3n) is 6.41. The second kappa shape index (κ2) is 13.7. The molecule has 3 aromatic rings. The maximum absolute atomic E-state index is 14.1. The number of carbonyl (C=O) groups excluding carboxylic acids is 2. The Kier molecular flexibility index (Phi) is 10.9. The summed E-state index contributed by atoms with van der Waals surface area (Å²) in [5, 5.41) is 3.96. The molecule has 0 aromatic heterocycles. The molecule has 0 spiro atoms. The lowest BCUT2D eigenvalue weighted by Crippen LogP contribution is -2.52. The van der Waals surface area contributed by atoms with Crippen LogP contribution in [0, 0.1) is 13.8 Å². The van der Waals surface area contributed by atoms with Crippen molar-refractivity contribution in [3.05, 3.63) is 92.4 Å². The molecule has 7 nitrogen and oxygen atoms in total. The summed E-state index contributed by atoms with van der Waals surface area (Å²) in [6.45, 7) is 6.93. The summed E-state index contributed by atoms with van der Waals surface area (Å²) in [5.74, 6) is -0.923. The van der Waals surface area contributed by atoms with Crippen LogP contribution in [0.1, 0.15) is 37.0 Å². The summed E-state index contributed by atoms with van der Waals surface area (Å²) < 4.78 is 29.0. The average Bonchev–Trinajstić information content (AvgIpc) is 2.89. The first-order chi connectivity index (χ1) is 18.9. The van der Waals surface area contributed by atoms with Crippen LogP contribution in [0.25, 0.3) is 0 Å². The van der Waals surface area contributed by atoms with Gasteiger partial charge in [-0.05, 0) is 80.8 Å². The minimum Gasteiger partial charge on any atom is -0.355 e. The standard InChI is InChI=1S/C29H32Cl3N3O4S/c1-5-26(29(37)33-6-2)34(17-21-9-10-23(31)16-25(21)32)28(36)18-35(27-14-11-22(30)15-20(27)4)40(38,39)24-12-7-19(3)8-13-24/h7-16,26H,5-6,17-18H2,1-4H3,(H,33,37). The Labute approximate surface area is 251 Å². The van der Waals surface area contributed by atoms with Crippen molar-refractivity contribution in [1.82, 2.24) is 10.2 Å². The second-order valence-corrected chi connectivity index (χ2v) is 12.5. The highest BCUT2D eigenvalue weighted by atomic mass is 35.5. The topological polar surface area (TPSA) is 86.8 Å². The lowest BCUT2D eigenvalue weighted by Gasteiger charge is -2.33. The van der Waals surface area contributed by atoms with Gasteiger partial charge >= 0.3 is 0 Å². The zero-order chi connectivity index (χ0) is 29.6. The number of hydrogen-bond donors (Lipinski definition) is 1. The monoisotopic (exact) mass is 623 g/mol. The first-order valence-corrected chi connectivity index (χ1v) is 15.3. The van der Waals surface area contributed by atoms with Gasteiger partial charge in [0, 0.05) is 28.2 Å². The average molecular weight is 625 g/mol. The SMILES string of the molecule is CCNC(=O)C(CC)N(Cc1ccc(Cl)cc1Cl)C(=O)CN(c1ccc(Cl)cc1C)S(=O)(=O)c1ccc(C)cc1. The van der Waals surface area contributed by atoms with Gasteiger partial charge in [-0.1, -0.05) is 65.5 Å². The van der Waals surface area contributed by atoms with Gasteiger partial charge in [-0.15, -0.1) is 0 Å². The van der Waals surface area contributed by atoms with Crippen LogP contribution in [0.2, 0.25) is 15.1 Å². The molecule has 0 saturated heterocycles. The molecular weight excluding hydrogens is 593 g/mol. The number of halogens is 3. The Morgan fingerprint density at radius 1 is 0.900 bits per heavy atom. The van der Waals surface area contributed by atoms with Crippen LogP contribution in [0.5, 0.6) is 0 Å². The van der Waals surface area contributed by atoms with Gasteiger partial charge in [0.1, 0.15) is 12.6 Å². The van der Waals surface area contributed by atoms with E-state index in [9.17, 15) is 18.0 Å². The quantitative estimate of drug-likeness (QED) is 0.267. The molecule has 2 amide bonds. The predicted molar refractivity (Wildman–Crippen MR) is 162 cm³/mol. The van der Waals surface area contributed by atoms with E-state index in [0.29, 0.717) is 44.8 Å². The number of rotatable bonds is 11. The summed E-state index contributed by atoms with van der Waals surface area (Å²) >= 11 is 18.7. The van der Waals surface area contributed by atoms with Crippen LogP contribution >= 0.6 is 34.8 Å². The molecule has 0 fully saturated rings. The third-order valence-corrected chi connectivity index (χ3v) is 9.00. The van der Waals surface area contributed by atoms with Crippen molar-refractivity contribution in [1.29, 1.82) is 0 Å². The van der Waals surface area contributed by atoms with Gasteiger partial charge < -0.3 is 10.2 Å². The number of carbonyl (C=O) groups is 2. The molecule has 0 aliphatic rings. The number of amides is 2. The number of likely N-dealkylation sites (N-methyl/N-ethyl adjacent to an activating group) is 1. The van der Waals surface area contributed by atoms with E-state index in [2.05, 4.69) is 5.32 Å². The summed E-state index contributed by atoms with van der Waals surface area (Å²) in [7, 11) is -4.19. The molecule has 0 saturated carbocycles. The van der Waals surface area contributed by atoms with E-state index in [1.54, 1.807) is 69.3 Å². The Balaban J connectivity index is 2.11. The van der Waals surface area contributed by atoms with Gasteiger partial charge in [0.2, 0.25) is 11.8 Å². The molecule has 1 N–H and O–H groups in total. The molecule has 1 unspecified atom stereocenters. The maximum atomic E-state index is 14.1. The molecule has 0 bridgehead atoms. The fourth-order valence-corrected chi connectivity index (χ4v) is 6.47. The number of hydrogen-bond acceptors (Lipinski definition) is 4. The fourth-order valence-electron chi connectivity index (χ4n) is 4.29. The van der Waals surface area contributed by atoms with E-state index in [0.717, 1.165) is 9.87 Å². The molecule has 3 aromatic carbocycles. The van der Waals surface area contributed by atoms with Crippen molar-refractivity contribution in [2.24, 2.45) is 0 Å². The fraction of sp³-hybridized carbons (Fsp3) is 0.310. The van der Waals surface area contributed by atoms with Crippen LogP contribution in [0.4, 0.5) is 5.69 Å². The van der Waals surface area contributed by atoms with E-state index >= 15 is 0 Å². The first-order valence-electron chi connectivity index (χ1n) is 12.8. The number of anilines is 1. The molecule has 1 atom stereocenters.